The quantitative estimate of drug-likeness (QED) is 0.863. The Morgan fingerprint density at radius 3 is 2.80 bits per heavy atom. The van der Waals surface area contributed by atoms with Gasteiger partial charge in [0.1, 0.15) is 6.04 Å². The maximum absolute atomic E-state index is 13.8. The molecule has 0 spiro atoms. The van der Waals surface area contributed by atoms with Gasteiger partial charge in [-0.25, -0.2) is 8.78 Å². The molecule has 1 aromatic rings. The van der Waals surface area contributed by atoms with Gasteiger partial charge in [-0.2, -0.15) is 0 Å². The summed E-state index contributed by atoms with van der Waals surface area (Å²) in [5, 5.41) is 5.20. The molecule has 0 bridgehead atoms. The zero-order chi connectivity index (χ0) is 14.7. The molecule has 1 aliphatic heterocycles. The summed E-state index contributed by atoms with van der Waals surface area (Å²) < 4.78 is 27.0. The molecule has 0 aliphatic carbocycles. The van der Waals surface area contributed by atoms with Crippen molar-refractivity contribution in [2.75, 3.05) is 6.54 Å². The fourth-order valence-electron chi connectivity index (χ4n) is 2.43. The molecule has 2 N–H and O–H groups in total. The lowest BCUT2D eigenvalue weighted by molar-refractivity contribution is -0.127. The summed E-state index contributed by atoms with van der Waals surface area (Å²) in [4.78, 5) is 22.8. The molecule has 1 fully saturated rings. The molecule has 1 aromatic carbocycles. The van der Waals surface area contributed by atoms with Crippen molar-refractivity contribution in [1.29, 1.82) is 0 Å². The Kier molecular flexibility index (Phi) is 4.32. The molecule has 108 valence electrons. The lowest BCUT2D eigenvalue weighted by Crippen LogP contribution is -2.44. The molecule has 1 aliphatic rings. The maximum atomic E-state index is 13.8. The van der Waals surface area contributed by atoms with Crippen LogP contribution in [-0.2, 0) is 9.59 Å². The third kappa shape index (κ3) is 3.12. The van der Waals surface area contributed by atoms with Crippen LogP contribution in [0.4, 0.5) is 8.78 Å². The first-order valence-electron chi connectivity index (χ1n) is 6.47. The lowest BCUT2D eigenvalue weighted by atomic mass is 9.93. The Morgan fingerprint density at radius 1 is 1.35 bits per heavy atom. The second-order valence-corrected chi connectivity index (χ2v) is 4.92. The highest BCUT2D eigenvalue weighted by Gasteiger charge is 2.28. The van der Waals surface area contributed by atoms with Crippen molar-refractivity contribution >= 4 is 11.8 Å². The van der Waals surface area contributed by atoms with Crippen molar-refractivity contribution in [3.8, 4) is 0 Å². The van der Waals surface area contributed by atoms with Crippen molar-refractivity contribution in [1.82, 2.24) is 10.6 Å². The average Bonchev–Trinajstić information content (AvgIpc) is 2.56. The van der Waals surface area contributed by atoms with E-state index in [4.69, 9.17) is 0 Å². The molecule has 4 nitrogen and oxygen atoms in total. The van der Waals surface area contributed by atoms with E-state index in [9.17, 15) is 18.4 Å². The van der Waals surface area contributed by atoms with Gasteiger partial charge in [-0.3, -0.25) is 9.59 Å². The van der Waals surface area contributed by atoms with Gasteiger partial charge in [0, 0.05) is 19.4 Å². The van der Waals surface area contributed by atoms with E-state index < -0.39 is 17.7 Å². The van der Waals surface area contributed by atoms with Crippen molar-refractivity contribution in [2.45, 2.75) is 31.7 Å². The van der Waals surface area contributed by atoms with Gasteiger partial charge in [0.2, 0.25) is 11.8 Å². The minimum atomic E-state index is -0.892. The predicted octanol–water partition coefficient (Wildman–Crippen LogP) is 1.46. The SMILES string of the molecule is CC(=O)NC1CC[C@@H](c2cccc(F)c2F)CNC1=O. The van der Waals surface area contributed by atoms with Crippen molar-refractivity contribution in [2.24, 2.45) is 0 Å². The molecule has 1 heterocycles. The molecular weight excluding hydrogens is 266 g/mol. The van der Waals surface area contributed by atoms with Gasteiger partial charge in [-0.15, -0.1) is 0 Å². The molecule has 0 radical (unpaired) electrons. The van der Waals surface area contributed by atoms with E-state index in [1.165, 1.54) is 19.1 Å². The minimum absolute atomic E-state index is 0.231. The van der Waals surface area contributed by atoms with E-state index in [0.29, 0.717) is 12.8 Å². The molecule has 1 unspecified atom stereocenters. The molecule has 1 saturated heterocycles. The Labute approximate surface area is 115 Å². The van der Waals surface area contributed by atoms with Gasteiger partial charge in [0.15, 0.2) is 11.6 Å². The van der Waals surface area contributed by atoms with E-state index in [0.717, 1.165) is 6.07 Å². The van der Waals surface area contributed by atoms with Crippen LogP contribution in [0.1, 0.15) is 31.2 Å². The second-order valence-electron chi connectivity index (χ2n) is 4.92. The molecule has 0 aromatic heterocycles. The van der Waals surface area contributed by atoms with Crippen LogP contribution < -0.4 is 10.6 Å². The number of halogens is 2. The van der Waals surface area contributed by atoms with Crippen molar-refractivity contribution in [3.63, 3.8) is 0 Å². The monoisotopic (exact) mass is 282 g/mol. The van der Waals surface area contributed by atoms with E-state index in [1.807, 2.05) is 0 Å². The lowest BCUT2D eigenvalue weighted by Gasteiger charge is -2.15. The van der Waals surface area contributed by atoms with Crippen LogP contribution >= 0.6 is 0 Å². The number of amides is 2. The van der Waals surface area contributed by atoms with Crippen LogP contribution in [-0.4, -0.2) is 24.4 Å². The molecule has 20 heavy (non-hydrogen) atoms. The first-order valence-corrected chi connectivity index (χ1v) is 6.47. The van der Waals surface area contributed by atoms with Gasteiger partial charge in [0.25, 0.3) is 0 Å². The number of nitrogens with one attached hydrogen (secondary N) is 2. The summed E-state index contributed by atoms with van der Waals surface area (Å²) in [5.74, 6) is -2.64. The minimum Gasteiger partial charge on any atom is -0.354 e. The summed E-state index contributed by atoms with van der Waals surface area (Å²) in [6.07, 6.45) is 0.885. The zero-order valence-corrected chi connectivity index (χ0v) is 11.1. The second kappa shape index (κ2) is 5.98. The van der Waals surface area contributed by atoms with Crippen LogP contribution in [0.2, 0.25) is 0 Å². The summed E-state index contributed by atoms with van der Waals surface area (Å²) in [6, 6.07) is 3.42. The number of carbonyl (C=O) groups is 2. The van der Waals surface area contributed by atoms with Gasteiger partial charge in [-0.1, -0.05) is 12.1 Å². The topological polar surface area (TPSA) is 58.2 Å². The van der Waals surface area contributed by atoms with Gasteiger partial charge in [-0.05, 0) is 24.5 Å². The van der Waals surface area contributed by atoms with Gasteiger partial charge >= 0.3 is 0 Å². The molecular formula is C14H16F2N2O2. The molecule has 2 atom stereocenters. The Balaban J connectivity index is 2.14. The maximum Gasteiger partial charge on any atom is 0.242 e. The molecule has 2 amide bonds. The Morgan fingerprint density at radius 2 is 2.10 bits per heavy atom. The highest BCUT2D eigenvalue weighted by Crippen LogP contribution is 2.27. The average molecular weight is 282 g/mol. The van der Waals surface area contributed by atoms with Crippen LogP contribution in [0.3, 0.4) is 0 Å². The predicted molar refractivity (Wildman–Crippen MR) is 68.9 cm³/mol. The van der Waals surface area contributed by atoms with Gasteiger partial charge in [0.05, 0.1) is 0 Å². The smallest absolute Gasteiger partial charge is 0.242 e. The Bertz CT molecular complexity index is 534. The highest BCUT2D eigenvalue weighted by molar-refractivity contribution is 5.87. The van der Waals surface area contributed by atoms with E-state index in [2.05, 4.69) is 10.6 Å². The Hall–Kier alpha value is -1.98. The van der Waals surface area contributed by atoms with Crippen molar-refractivity contribution < 1.29 is 18.4 Å². The summed E-state index contributed by atoms with van der Waals surface area (Å²) in [7, 11) is 0. The van der Waals surface area contributed by atoms with Crippen molar-refractivity contribution in [3.05, 3.63) is 35.4 Å². The van der Waals surface area contributed by atoms with Crippen LogP contribution in [0.15, 0.2) is 18.2 Å². The van der Waals surface area contributed by atoms with Crippen LogP contribution in [0.5, 0.6) is 0 Å². The third-order valence-corrected chi connectivity index (χ3v) is 3.44. The zero-order valence-electron chi connectivity index (χ0n) is 11.1. The van der Waals surface area contributed by atoms with E-state index in [1.54, 1.807) is 0 Å². The van der Waals surface area contributed by atoms with E-state index >= 15 is 0 Å². The first kappa shape index (κ1) is 14.4. The summed E-state index contributed by atoms with van der Waals surface area (Å²) in [5.41, 5.74) is 0.258. The third-order valence-electron chi connectivity index (χ3n) is 3.44. The standard InChI is InChI=1S/C14H16F2N2O2/c1-8(19)18-12-6-5-9(7-17-14(12)20)10-3-2-4-11(15)13(10)16/h2-4,9,12H,5-7H2,1H3,(H,17,20)(H,18,19)/t9-,12?/m1/s1. The van der Waals surface area contributed by atoms with Crippen LogP contribution in [0, 0.1) is 11.6 Å². The van der Waals surface area contributed by atoms with Gasteiger partial charge < -0.3 is 10.6 Å². The molecule has 0 saturated carbocycles. The van der Waals surface area contributed by atoms with Crippen LogP contribution in [0.25, 0.3) is 0 Å². The number of benzene rings is 1. The molecule has 6 heteroatoms. The molecule has 2 rings (SSSR count). The highest BCUT2D eigenvalue weighted by atomic mass is 19.2. The number of hydrogen-bond acceptors (Lipinski definition) is 2. The fraction of sp³-hybridized carbons (Fsp3) is 0.429. The summed E-state index contributed by atoms with van der Waals surface area (Å²) >= 11 is 0. The van der Waals surface area contributed by atoms with E-state index in [-0.39, 0.29) is 29.8 Å². The number of hydrogen-bond donors (Lipinski definition) is 2. The largest absolute Gasteiger partial charge is 0.354 e. The normalized spacial score (nSPS) is 22.9. The fourth-order valence-corrected chi connectivity index (χ4v) is 2.43. The number of carbonyl (C=O) groups excluding carboxylic acids is 2. The first-order chi connectivity index (χ1) is 9.49. The number of rotatable bonds is 2. The summed E-state index contributed by atoms with van der Waals surface area (Å²) in [6.45, 7) is 1.57.